The number of aliphatic hydroxyl groups excluding tert-OH is 1. The summed E-state index contributed by atoms with van der Waals surface area (Å²) in [5.74, 6) is 0.535. The molecule has 1 N–H and O–H groups in total. The molecule has 1 saturated heterocycles. The molecule has 0 atom stereocenters. The van der Waals surface area contributed by atoms with Crippen LogP contribution in [-0.4, -0.2) is 29.7 Å². The molecule has 1 aliphatic heterocycles. The van der Waals surface area contributed by atoms with Gasteiger partial charge in [-0.3, -0.25) is 4.90 Å². The quantitative estimate of drug-likeness (QED) is 0.883. The van der Waals surface area contributed by atoms with E-state index in [2.05, 4.69) is 36.1 Å². The Morgan fingerprint density at radius 3 is 2.14 bits per heavy atom. The molecule has 1 aliphatic rings. The zero-order valence-corrected chi connectivity index (χ0v) is 14.7. The van der Waals surface area contributed by atoms with E-state index < -0.39 is 0 Å². The second-order valence-electron chi connectivity index (χ2n) is 5.08. The van der Waals surface area contributed by atoms with Gasteiger partial charge in [-0.25, -0.2) is 0 Å². The molecule has 0 aliphatic carbocycles. The molecule has 0 saturated carbocycles. The summed E-state index contributed by atoms with van der Waals surface area (Å²) >= 11 is 0. The van der Waals surface area contributed by atoms with Crippen LogP contribution >= 0.6 is 0 Å². The van der Waals surface area contributed by atoms with Gasteiger partial charge in [0.15, 0.2) is 0 Å². The molecule has 2 rings (SSSR count). The van der Waals surface area contributed by atoms with Crippen LogP contribution in [0, 0.1) is 5.92 Å². The van der Waals surface area contributed by atoms with Gasteiger partial charge in [-0.1, -0.05) is 58.9 Å². The lowest BCUT2D eigenvalue weighted by Gasteiger charge is -2.31. The summed E-state index contributed by atoms with van der Waals surface area (Å²) in [5, 5.41) is 9.12. The van der Waals surface area contributed by atoms with E-state index in [4.69, 9.17) is 5.11 Å². The molecule has 122 valence electrons. The molecule has 1 aromatic carbocycles. The maximum atomic E-state index is 9.12. The highest BCUT2D eigenvalue weighted by molar-refractivity contribution is 5.23. The molecule has 1 heterocycles. The highest BCUT2D eigenvalue weighted by atomic mass is 16.3. The number of benzene rings is 1. The van der Waals surface area contributed by atoms with Crippen LogP contribution in [0.25, 0.3) is 0 Å². The lowest BCUT2D eigenvalue weighted by atomic mass is 9.97. The first-order chi connectivity index (χ1) is 10.3. The lowest BCUT2D eigenvalue weighted by Crippen LogP contribution is -2.34. The van der Waals surface area contributed by atoms with Gasteiger partial charge in [0.25, 0.3) is 0 Å². The maximum Gasteiger partial charge on any atom is 0.0460 e. The van der Waals surface area contributed by atoms with Crippen LogP contribution < -0.4 is 0 Å². The minimum absolute atomic E-state index is 0.360. The molecule has 2 heteroatoms. The van der Waals surface area contributed by atoms with Gasteiger partial charge in [0.2, 0.25) is 0 Å². The SMILES string of the molecule is CC.CC.CCc1cccc(CN2CCC(CO)CC2)c1. The third-order valence-corrected chi connectivity index (χ3v) is 3.77. The third-order valence-electron chi connectivity index (χ3n) is 3.77. The van der Waals surface area contributed by atoms with Gasteiger partial charge >= 0.3 is 0 Å². The number of nitrogens with zero attached hydrogens (tertiary/aromatic N) is 1. The molecule has 0 unspecified atom stereocenters. The summed E-state index contributed by atoms with van der Waals surface area (Å²) in [5.41, 5.74) is 2.85. The molecule has 21 heavy (non-hydrogen) atoms. The van der Waals surface area contributed by atoms with E-state index in [0.29, 0.717) is 12.5 Å². The van der Waals surface area contributed by atoms with Gasteiger partial charge in [-0.05, 0) is 49.4 Å². The first-order valence-corrected chi connectivity index (χ1v) is 8.73. The number of aryl methyl sites for hydroxylation is 1. The second kappa shape index (κ2) is 12.8. The van der Waals surface area contributed by atoms with Gasteiger partial charge < -0.3 is 5.11 Å². The topological polar surface area (TPSA) is 23.5 Å². The molecular formula is C19H35NO. The normalized spacial score (nSPS) is 15.5. The molecule has 1 fully saturated rings. The van der Waals surface area contributed by atoms with Crippen molar-refractivity contribution >= 4 is 0 Å². The Bertz CT molecular complexity index is 343. The summed E-state index contributed by atoms with van der Waals surface area (Å²) < 4.78 is 0. The van der Waals surface area contributed by atoms with Crippen LogP contribution in [0.15, 0.2) is 24.3 Å². The fourth-order valence-electron chi connectivity index (χ4n) is 2.53. The number of piperidine rings is 1. The van der Waals surface area contributed by atoms with E-state index in [1.165, 1.54) is 11.1 Å². The Balaban J connectivity index is 0.000000921. The van der Waals surface area contributed by atoms with E-state index in [9.17, 15) is 0 Å². The highest BCUT2D eigenvalue weighted by Crippen LogP contribution is 2.18. The average molecular weight is 293 g/mol. The molecule has 0 amide bonds. The monoisotopic (exact) mass is 293 g/mol. The Labute approximate surface area is 132 Å². The Hall–Kier alpha value is -0.860. The third kappa shape index (κ3) is 7.63. The summed E-state index contributed by atoms with van der Waals surface area (Å²) in [6, 6.07) is 8.89. The Morgan fingerprint density at radius 1 is 1.05 bits per heavy atom. The fourth-order valence-corrected chi connectivity index (χ4v) is 2.53. The minimum Gasteiger partial charge on any atom is -0.396 e. The number of rotatable bonds is 4. The average Bonchev–Trinajstić information content (AvgIpc) is 2.59. The van der Waals surface area contributed by atoms with Gasteiger partial charge in [0, 0.05) is 13.2 Å². The summed E-state index contributed by atoms with van der Waals surface area (Å²) in [6.07, 6.45) is 3.40. The Kier molecular flexibility index (Phi) is 12.3. The van der Waals surface area contributed by atoms with Crippen LogP contribution in [0.2, 0.25) is 0 Å². The molecular weight excluding hydrogens is 258 g/mol. The van der Waals surface area contributed by atoms with Crippen molar-refractivity contribution in [3.63, 3.8) is 0 Å². The van der Waals surface area contributed by atoms with E-state index >= 15 is 0 Å². The number of likely N-dealkylation sites (tertiary alicyclic amines) is 1. The molecule has 0 bridgehead atoms. The van der Waals surface area contributed by atoms with E-state index in [0.717, 1.165) is 38.9 Å². The molecule has 2 nitrogen and oxygen atoms in total. The summed E-state index contributed by atoms with van der Waals surface area (Å²) in [4.78, 5) is 2.50. The van der Waals surface area contributed by atoms with Crippen molar-refractivity contribution < 1.29 is 5.11 Å². The van der Waals surface area contributed by atoms with E-state index in [-0.39, 0.29) is 0 Å². The zero-order valence-electron chi connectivity index (χ0n) is 14.7. The van der Waals surface area contributed by atoms with Gasteiger partial charge in [-0.2, -0.15) is 0 Å². The predicted octanol–water partition coefficient (Wildman–Crippen LogP) is 4.51. The van der Waals surface area contributed by atoms with Crippen molar-refractivity contribution in [2.45, 2.75) is 60.4 Å². The first kappa shape index (κ1) is 20.1. The van der Waals surface area contributed by atoms with Crippen molar-refractivity contribution in [3.05, 3.63) is 35.4 Å². The van der Waals surface area contributed by atoms with Crippen molar-refractivity contribution in [2.24, 2.45) is 5.92 Å². The number of aliphatic hydroxyl groups is 1. The Morgan fingerprint density at radius 2 is 1.62 bits per heavy atom. The van der Waals surface area contributed by atoms with Crippen LogP contribution in [0.4, 0.5) is 0 Å². The standard InChI is InChI=1S/C15H23NO.2C2H6/c1-2-13-4-3-5-15(10-13)11-16-8-6-14(12-17)7-9-16;2*1-2/h3-5,10,14,17H,2,6-9,11-12H2,1H3;2*1-2H3. The van der Waals surface area contributed by atoms with Gasteiger partial charge in [-0.15, -0.1) is 0 Å². The molecule has 0 spiro atoms. The molecule has 1 aromatic rings. The first-order valence-electron chi connectivity index (χ1n) is 8.73. The van der Waals surface area contributed by atoms with Crippen LogP contribution in [-0.2, 0) is 13.0 Å². The predicted molar refractivity (Wildman–Crippen MR) is 93.6 cm³/mol. The number of hydrogen-bond acceptors (Lipinski definition) is 2. The maximum absolute atomic E-state index is 9.12. The summed E-state index contributed by atoms with van der Waals surface area (Å²) in [7, 11) is 0. The zero-order chi connectivity index (χ0) is 16.1. The largest absolute Gasteiger partial charge is 0.396 e. The highest BCUT2D eigenvalue weighted by Gasteiger charge is 2.18. The molecule has 0 aromatic heterocycles. The smallest absolute Gasteiger partial charge is 0.0460 e. The van der Waals surface area contributed by atoms with E-state index in [1.807, 2.05) is 27.7 Å². The van der Waals surface area contributed by atoms with Crippen molar-refractivity contribution in [2.75, 3.05) is 19.7 Å². The van der Waals surface area contributed by atoms with Gasteiger partial charge in [0.05, 0.1) is 0 Å². The fraction of sp³-hybridized carbons (Fsp3) is 0.684. The van der Waals surface area contributed by atoms with Crippen LogP contribution in [0.3, 0.4) is 0 Å². The second-order valence-corrected chi connectivity index (χ2v) is 5.08. The minimum atomic E-state index is 0.360. The van der Waals surface area contributed by atoms with Crippen LogP contribution in [0.5, 0.6) is 0 Å². The van der Waals surface area contributed by atoms with Crippen molar-refractivity contribution in [3.8, 4) is 0 Å². The lowest BCUT2D eigenvalue weighted by molar-refractivity contribution is 0.127. The van der Waals surface area contributed by atoms with Crippen LogP contribution in [0.1, 0.15) is 58.6 Å². The number of hydrogen-bond donors (Lipinski definition) is 1. The molecule has 0 radical (unpaired) electrons. The van der Waals surface area contributed by atoms with Crippen molar-refractivity contribution in [1.29, 1.82) is 0 Å². The van der Waals surface area contributed by atoms with E-state index in [1.54, 1.807) is 0 Å². The van der Waals surface area contributed by atoms with Gasteiger partial charge in [0.1, 0.15) is 0 Å². The van der Waals surface area contributed by atoms with Crippen molar-refractivity contribution in [1.82, 2.24) is 4.90 Å². The summed E-state index contributed by atoms with van der Waals surface area (Å²) in [6.45, 7) is 13.9.